The number of amides is 1. The molecule has 0 bridgehead atoms. The third-order valence-electron chi connectivity index (χ3n) is 6.94. The maximum atomic E-state index is 15.3. The molecule has 4 heterocycles. The number of piperidine rings is 1. The van der Waals surface area contributed by atoms with E-state index in [2.05, 4.69) is 15.6 Å². The number of nitrogens with two attached hydrogens (primary N) is 1. The highest BCUT2D eigenvalue weighted by molar-refractivity contribution is 5.98. The topological polar surface area (TPSA) is 82.0 Å². The number of hydrogen-bond acceptors (Lipinski definition) is 4. The third-order valence-corrected chi connectivity index (χ3v) is 6.94. The van der Waals surface area contributed by atoms with Crippen LogP contribution in [0.5, 0.6) is 0 Å². The van der Waals surface area contributed by atoms with Gasteiger partial charge in [-0.2, -0.15) is 0 Å². The highest BCUT2D eigenvalue weighted by Crippen LogP contribution is 2.36. The quantitative estimate of drug-likeness (QED) is 0.518. The lowest BCUT2D eigenvalue weighted by molar-refractivity contribution is 0.0708. The summed E-state index contributed by atoms with van der Waals surface area (Å²) in [5, 5.41) is 1.04. The number of halogens is 1. The van der Waals surface area contributed by atoms with Crippen LogP contribution in [0.1, 0.15) is 36.0 Å². The molecule has 1 saturated carbocycles. The van der Waals surface area contributed by atoms with Gasteiger partial charge in [-0.15, -0.1) is 0 Å². The van der Waals surface area contributed by atoms with Crippen LogP contribution in [0.2, 0.25) is 0 Å². The van der Waals surface area contributed by atoms with E-state index in [1.54, 1.807) is 21.7 Å². The zero-order chi connectivity index (χ0) is 22.7. The van der Waals surface area contributed by atoms with Crippen LogP contribution < -0.4 is 5.73 Å². The molecule has 2 N–H and O–H groups in total. The Hall–Kier alpha value is -3.26. The summed E-state index contributed by atoms with van der Waals surface area (Å²) in [5.74, 6) is 0.687. The molecule has 170 valence electrons. The zero-order valence-electron chi connectivity index (χ0n) is 18.7. The van der Waals surface area contributed by atoms with Crippen LogP contribution in [0.25, 0.3) is 33.6 Å². The summed E-state index contributed by atoms with van der Waals surface area (Å²) < 4.78 is 19.3. The Bertz CT molecular complexity index is 1380. The number of aromatic nitrogens is 4. The Morgan fingerprint density at radius 3 is 2.88 bits per heavy atom. The lowest BCUT2D eigenvalue weighted by Gasteiger charge is -2.30. The van der Waals surface area contributed by atoms with Crippen LogP contribution in [-0.2, 0) is 13.6 Å². The lowest BCUT2D eigenvalue weighted by Crippen LogP contribution is -2.45. The smallest absolute Gasteiger partial charge is 0.254 e. The Morgan fingerprint density at radius 1 is 1.24 bits per heavy atom. The van der Waals surface area contributed by atoms with Crippen molar-refractivity contribution in [2.24, 2.45) is 18.7 Å². The number of carbonyl (C=O) groups excluding carboxylic acids is 1. The van der Waals surface area contributed by atoms with Gasteiger partial charge in [-0.05, 0) is 61.9 Å². The summed E-state index contributed by atoms with van der Waals surface area (Å²) in [7, 11) is 1.82. The summed E-state index contributed by atoms with van der Waals surface area (Å²) in [6.07, 6.45) is 6.01. The second kappa shape index (κ2) is 7.66. The number of rotatable bonds is 4. The fourth-order valence-corrected chi connectivity index (χ4v) is 5.04. The predicted molar refractivity (Wildman–Crippen MR) is 125 cm³/mol. The molecule has 0 radical (unpaired) electrons. The summed E-state index contributed by atoms with van der Waals surface area (Å²) in [6, 6.07) is 9.05. The number of imidazole rings is 1. The van der Waals surface area contributed by atoms with Gasteiger partial charge in [0.25, 0.3) is 5.91 Å². The third kappa shape index (κ3) is 3.49. The Labute approximate surface area is 191 Å². The molecule has 1 saturated heterocycles. The van der Waals surface area contributed by atoms with E-state index in [1.807, 2.05) is 19.2 Å². The SMILES string of the molecule is Cn1c(-c2cc3cccnc3n2CC2CC2)nc2cc(C(=O)N3CCC[C@@H](N)C3)cc(F)c21. The number of carbonyl (C=O) groups is 1. The first kappa shape index (κ1) is 20.4. The normalized spacial score (nSPS) is 19.0. The van der Waals surface area contributed by atoms with Crippen LogP contribution >= 0.6 is 0 Å². The molecule has 3 aromatic heterocycles. The average molecular weight is 447 g/mol. The molecular formula is C25H27FN6O. The maximum absolute atomic E-state index is 15.3. The Morgan fingerprint density at radius 2 is 2.09 bits per heavy atom. The average Bonchev–Trinajstić information content (AvgIpc) is 3.47. The van der Waals surface area contributed by atoms with Gasteiger partial charge in [0.05, 0.1) is 11.2 Å². The predicted octanol–water partition coefficient (Wildman–Crippen LogP) is 3.70. The van der Waals surface area contributed by atoms with Gasteiger partial charge in [-0.25, -0.2) is 14.4 Å². The van der Waals surface area contributed by atoms with Crippen LogP contribution in [0.3, 0.4) is 0 Å². The van der Waals surface area contributed by atoms with Crippen LogP contribution in [-0.4, -0.2) is 49.0 Å². The van der Waals surface area contributed by atoms with Gasteiger partial charge >= 0.3 is 0 Å². The molecule has 1 aliphatic heterocycles. The van der Waals surface area contributed by atoms with Crippen molar-refractivity contribution in [1.82, 2.24) is 24.0 Å². The van der Waals surface area contributed by atoms with Crippen LogP contribution in [0.4, 0.5) is 4.39 Å². The van der Waals surface area contributed by atoms with E-state index < -0.39 is 5.82 Å². The number of aryl methyl sites for hydroxylation is 1. The van der Waals surface area contributed by atoms with Crippen molar-refractivity contribution in [2.75, 3.05) is 13.1 Å². The largest absolute Gasteiger partial charge is 0.337 e. The van der Waals surface area contributed by atoms with Crippen molar-refractivity contribution in [2.45, 2.75) is 38.3 Å². The van der Waals surface area contributed by atoms with E-state index in [1.165, 1.54) is 18.9 Å². The highest BCUT2D eigenvalue weighted by atomic mass is 19.1. The van der Waals surface area contributed by atoms with Crippen molar-refractivity contribution < 1.29 is 9.18 Å². The van der Waals surface area contributed by atoms with Crippen LogP contribution in [0, 0.1) is 11.7 Å². The van der Waals surface area contributed by atoms with Gasteiger partial charge < -0.3 is 19.8 Å². The molecule has 0 spiro atoms. The van der Waals surface area contributed by atoms with Gasteiger partial charge in [0.1, 0.15) is 17.0 Å². The lowest BCUT2D eigenvalue weighted by atomic mass is 10.0. The van der Waals surface area contributed by atoms with E-state index in [4.69, 9.17) is 10.7 Å². The fraction of sp³-hybridized carbons (Fsp3) is 0.400. The summed E-state index contributed by atoms with van der Waals surface area (Å²) in [5.41, 5.74) is 9.08. The number of benzene rings is 1. The molecule has 1 aromatic carbocycles. The second-order valence-electron chi connectivity index (χ2n) is 9.47. The highest BCUT2D eigenvalue weighted by Gasteiger charge is 2.27. The van der Waals surface area contributed by atoms with Crippen molar-refractivity contribution in [3.05, 3.63) is 47.9 Å². The first-order valence-electron chi connectivity index (χ1n) is 11.6. The Balaban J connectivity index is 1.45. The number of nitrogens with zero attached hydrogens (tertiary/aromatic N) is 5. The van der Waals surface area contributed by atoms with Crippen molar-refractivity contribution in [3.63, 3.8) is 0 Å². The molecule has 0 unspecified atom stereocenters. The van der Waals surface area contributed by atoms with E-state index >= 15 is 4.39 Å². The minimum atomic E-state index is -0.443. The molecule has 2 fully saturated rings. The first-order chi connectivity index (χ1) is 16.0. The standard InChI is InChI=1S/C25H27FN6O/c1-30-22-19(26)10-17(25(33)31-9-3-5-18(27)14-31)11-20(22)29-24(30)21-12-16-4-2-8-28-23(16)32(21)13-15-6-7-15/h2,4,8,10-12,15,18H,3,5-7,9,13-14,27H2,1H3/t18-/m1/s1. The monoisotopic (exact) mass is 446 g/mol. The molecule has 1 amide bonds. The number of likely N-dealkylation sites (tertiary alicyclic amines) is 1. The number of pyridine rings is 1. The summed E-state index contributed by atoms with van der Waals surface area (Å²) in [4.78, 5) is 24.2. The molecule has 4 aromatic rings. The van der Waals surface area contributed by atoms with E-state index in [-0.39, 0.29) is 11.9 Å². The molecule has 6 rings (SSSR count). The van der Waals surface area contributed by atoms with Crippen molar-refractivity contribution in [1.29, 1.82) is 0 Å². The van der Waals surface area contributed by atoms with Crippen molar-refractivity contribution in [3.8, 4) is 11.5 Å². The van der Waals surface area contributed by atoms with E-state index in [0.717, 1.165) is 36.1 Å². The van der Waals surface area contributed by atoms with Crippen molar-refractivity contribution >= 4 is 28.0 Å². The minimum Gasteiger partial charge on any atom is -0.337 e. The first-order valence-corrected chi connectivity index (χ1v) is 11.6. The minimum absolute atomic E-state index is 0.0280. The molecule has 7 nitrogen and oxygen atoms in total. The van der Waals surface area contributed by atoms with Gasteiger partial charge in [0.15, 0.2) is 5.82 Å². The van der Waals surface area contributed by atoms with Gasteiger partial charge in [-0.3, -0.25) is 4.79 Å². The second-order valence-corrected chi connectivity index (χ2v) is 9.47. The molecule has 8 heteroatoms. The van der Waals surface area contributed by atoms with Gasteiger partial charge in [-0.1, -0.05) is 0 Å². The van der Waals surface area contributed by atoms with E-state index in [0.29, 0.717) is 41.4 Å². The molecule has 2 aliphatic rings. The number of hydrogen-bond donors (Lipinski definition) is 1. The Kier molecular flexibility index (Phi) is 4.72. The molecule has 1 atom stereocenters. The van der Waals surface area contributed by atoms with Crippen LogP contribution in [0.15, 0.2) is 36.5 Å². The molecule has 1 aliphatic carbocycles. The zero-order valence-corrected chi connectivity index (χ0v) is 18.7. The molecular weight excluding hydrogens is 419 g/mol. The molecule has 33 heavy (non-hydrogen) atoms. The van der Waals surface area contributed by atoms with Gasteiger partial charge in [0.2, 0.25) is 0 Å². The number of fused-ring (bicyclic) bond motifs is 2. The summed E-state index contributed by atoms with van der Waals surface area (Å²) >= 11 is 0. The van der Waals surface area contributed by atoms with Gasteiger partial charge in [0, 0.05) is 49.9 Å². The maximum Gasteiger partial charge on any atom is 0.254 e. The van der Waals surface area contributed by atoms with E-state index in [9.17, 15) is 4.79 Å². The fourth-order valence-electron chi connectivity index (χ4n) is 5.04. The summed E-state index contributed by atoms with van der Waals surface area (Å²) in [6.45, 7) is 2.02.